The molecule has 23 heavy (non-hydrogen) atoms. The van der Waals surface area contributed by atoms with Gasteiger partial charge in [-0.05, 0) is 0 Å². The van der Waals surface area contributed by atoms with Crippen LogP contribution >= 0.6 is 0 Å². The molecule has 0 amide bonds. The van der Waals surface area contributed by atoms with Gasteiger partial charge in [0.05, 0.1) is 13.2 Å². The number of aliphatic hydroxyl groups excluding tert-OH is 9. The highest BCUT2D eigenvalue weighted by Gasteiger charge is 2.49. The first kappa shape index (κ1) is 20.3. The first-order chi connectivity index (χ1) is 10.7. The molecule has 0 aromatic heterocycles. The third kappa shape index (κ3) is 4.22. The monoisotopic (exact) mass is 342 g/mol. The van der Waals surface area contributed by atoms with Gasteiger partial charge in [-0.1, -0.05) is 0 Å². The average molecular weight is 342 g/mol. The van der Waals surface area contributed by atoms with E-state index >= 15 is 0 Å². The number of hydrogen-bond acceptors (Lipinski definition) is 11. The molecule has 11 nitrogen and oxygen atoms in total. The lowest BCUT2D eigenvalue weighted by molar-refractivity contribution is -0.231. The maximum absolute atomic E-state index is 12.1. The van der Waals surface area contributed by atoms with Crippen molar-refractivity contribution in [2.75, 3.05) is 13.2 Å². The maximum Gasteiger partial charge on any atom is 0.195 e. The van der Waals surface area contributed by atoms with E-state index in [0.29, 0.717) is 0 Å². The molecular weight excluding hydrogens is 320 g/mol. The lowest BCUT2D eigenvalue weighted by Gasteiger charge is -2.40. The summed E-state index contributed by atoms with van der Waals surface area (Å²) >= 11 is 0. The lowest BCUT2D eigenvalue weighted by Crippen LogP contribution is -2.63. The van der Waals surface area contributed by atoms with Crippen LogP contribution in [0, 0.1) is 0 Å². The molecule has 1 heterocycles. The van der Waals surface area contributed by atoms with E-state index in [-0.39, 0.29) is 0 Å². The minimum atomic E-state index is -2.33. The molecule has 9 N–H and O–H groups in total. The van der Waals surface area contributed by atoms with Gasteiger partial charge in [0.2, 0.25) is 0 Å². The predicted octanol–water partition coefficient (Wildman–Crippen LogP) is -6.17. The first-order valence-corrected chi connectivity index (χ1v) is 6.84. The van der Waals surface area contributed by atoms with Crippen LogP contribution in [0.2, 0.25) is 0 Å². The van der Waals surface area contributed by atoms with Crippen molar-refractivity contribution in [2.24, 2.45) is 0 Å². The Bertz CT molecular complexity index is 389. The molecule has 11 heteroatoms. The third-order valence-corrected chi connectivity index (χ3v) is 3.72. The van der Waals surface area contributed by atoms with Crippen LogP contribution in [0.5, 0.6) is 0 Å². The summed E-state index contributed by atoms with van der Waals surface area (Å²) in [6, 6.07) is 0. The van der Waals surface area contributed by atoms with Gasteiger partial charge < -0.3 is 50.7 Å². The average Bonchev–Trinajstić information content (AvgIpc) is 2.56. The largest absolute Gasteiger partial charge is 0.394 e. The molecule has 1 aliphatic rings. The molecule has 1 rings (SSSR count). The van der Waals surface area contributed by atoms with Crippen LogP contribution in [0.15, 0.2) is 0 Å². The molecule has 1 saturated heterocycles. The summed E-state index contributed by atoms with van der Waals surface area (Å²) in [4.78, 5) is 12.1. The number of hydrogen-bond donors (Lipinski definition) is 9. The molecule has 1 aliphatic heterocycles. The number of ketones is 1. The number of carbonyl (C=O) groups is 1. The molecule has 9 atom stereocenters. The van der Waals surface area contributed by atoms with Crippen LogP contribution in [0.25, 0.3) is 0 Å². The quantitative estimate of drug-likeness (QED) is 0.212. The Morgan fingerprint density at radius 3 is 1.96 bits per heavy atom. The second-order valence-electron chi connectivity index (χ2n) is 5.33. The fourth-order valence-electron chi connectivity index (χ4n) is 2.20. The number of carbonyl (C=O) groups excluding carboxylic acids is 1. The topological polar surface area (TPSA) is 208 Å². The molecule has 136 valence electrons. The Labute approximate surface area is 130 Å². The molecule has 0 aromatic rings. The maximum atomic E-state index is 12.1. The SMILES string of the molecule is O=C([C@H]1O[C@H](CO)[C@@H](O)[C@H](O)[C@@H]1O)[C@H](O)[C@@H](O)[C@@H](O)[C@H](O)CO. The summed E-state index contributed by atoms with van der Waals surface area (Å²) in [5.74, 6) is -1.35. The van der Waals surface area contributed by atoms with Crippen molar-refractivity contribution in [3.8, 4) is 0 Å². The minimum Gasteiger partial charge on any atom is -0.394 e. The van der Waals surface area contributed by atoms with E-state index in [9.17, 15) is 40.5 Å². The summed E-state index contributed by atoms with van der Waals surface area (Å²) in [6.45, 7) is -1.74. The van der Waals surface area contributed by atoms with E-state index in [0.717, 1.165) is 0 Å². The van der Waals surface area contributed by atoms with Crippen LogP contribution < -0.4 is 0 Å². The van der Waals surface area contributed by atoms with Crippen molar-refractivity contribution in [2.45, 2.75) is 54.9 Å². The van der Waals surface area contributed by atoms with Gasteiger partial charge in [-0.3, -0.25) is 4.79 Å². The van der Waals surface area contributed by atoms with Crippen LogP contribution in [0.4, 0.5) is 0 Å². The van der Waals surface area contributed by atoms with Gasteiger partial charge in [0, 0.05) is 0 Å². The molecule has 0 aliphatic carbocycles. The van der Waals surface area contributed by atoms with Gasteiger partial charge in [0.1, 0.15) is 54.9 Å². The van der Waals surface area contributed by atoms with E-state index in [4.69, 9.17) is 14.9 Å². The predicted molar refractivity (Wildman–Crippen MR) is 69.9 cm³/mol. The Balaban J connectivity index is 2.85. The second-order valence-corrected chi connectivity index (χ2v) is 5.33. The summed E-state index contributed by atoms with van der Waals surface area (Å²) in [5.41, 5.74) is 0. The van der Waals surface area contributed by atoms with Gasteiger partial charge in [-0.2, -0.15) is 0 Å². The Morgan fingerprint density at radius 1 is 0.913 bits per heavy atom. The zero-order valence-corrected chi connectivity index (χ0v) is 12.0. The van der Waals surface area contributed by atoms with Gasteiger partial charge in [0.15, 0.2) is 5.78 Å². The van der Waals surface area contributed by atoms with Crippen molar-refractivity contribution in [1.82, 2.24) is 0 Å². The van der Waals surface area contributed by atoms with Crippen molar-refractivity contribution < 1.29 is 55.5 Å². The smallest absolute Gasteiger partial charge is 0.195 e. The van der Waals surface area contributed by atoms with E-state index < -0.39 is 73.9 Å². The van der Waals surface area contributed by atoms with E-state index in [1.807, 2.05) is 0 Å². The first-order valence-electron chi connectivity index (χ1n) is 6.84. The van der Waals surface area contributed by atoms with Crippen molar-refractivity contribution in [3.05, 3.63) is 0 Å². The normalized spacial score (nSPS) is 37.0. The Morgan fingerprint density at radius 2 is 1.48 bits per heavy atom. The molecule has 0 saturated carbocycles. The van der Waals surface area contributed by atoms with Crippen molar-refractivity contribution >= 4 is 5.78 Å². The Kier molecular flexibility index (Phi) is 7.41. The standard InChI is InChI=1S/C12H22O11/c13-1-3(15)5(16)7(18)9(20)11(22)12-10(21)8(19)6(17)4(2-14)23-12/h3-10,12-21H,1-2H2/t3-,4-,5+,6-,7+,8+,9-,10+,12+/m1/s1. The second kappa shape index (κ2) is 8.39. The van der Waals surface area contributed by atoms with Crippen LogP contribution in [0.3, 0.4) is 0 Å². The third-order valence-electron chi connectivity index (χ3n) is 3.72. The number of aliphatic hydroxyl groups is 9. The molecule has 0 aromatic carbocycles. The molecule has 0 spiro atoms. The van der Waals surface area contributed by atoms with E-state index in [1.54, 1.807) is 0 Å². The molecule has 0 radical (unpaired) electrons. The van der Waals surface area contributed by atoms with Gasteiger partial charge >= 0.3 is 0 Å². The molecular formula is C12H22O11. The number of rotatable bonds is 7. The summed E-state index contributed by atoms with van der Waals surface area (Å²) < 4.78 is 4.91. The molecule has 0 unspecified atom stereocenters. The van der Waals surface area contributed by atoms with Crippen LogP contribution in [-0.2, 0) is 9.53 Å². The zero-order chi connectivity index (χ0) is 17.9. The van der Waals surface area contributed by atoms with Gasteiger partial charge in [-0.25, -0.2) is 0 Å². The van der Waals surface area contributed by atoms with Crippen molar-refractivity contribution in [3.63, 3.8) is 0 Å². The van der Waals surface area contributed by atoms with Gasteiger partial charge in [-0.15, -0.1) is 0 Å². The number of Topliss-reactive ketones (excluding diaryl/α,β-unsaturated/α-hetero) is 1. The highest BCUT2D eigenvalue weighted by molar-refractivity contribution is 5.88. The van der Waals surface area contributed by atoms with E-state index in [2.05, 4.69) is 0 Å². The minimum absolute atomic E-state index is 0.792. The highest BCUT2D eigenvalue weighted by atomic mass is 16.5. The fraction of sp³-hybridized carbons (Fsp3) is 0.917. The Hall–Kier alpha value is -0.730. The van der Waals surface area contributed by atoms with Crippen LogP contribution in [-0.4, -0.2) is 120 Å². The van der Waals surface area contributed by atoms with Gasteiger partial charge in [0.25, 0.3) is 0 Å². The summed E-state index contributed by atoms with van der Waals surface area (Å²) in [6.07, 6.45) is -17.2. The summed E-state index contributed by atoms with van der Waals surface area (Å²) in [7, 11) is 0. The van der Waals surface area contributed by atoms with Crippen molar-refractivity contribution in [1.29, 1.82) is 0 Å². The number of ether oxygens (including phenoxy) is 1. The molecule has 1 fully saturated rings. The summed E-state index contributed by atoms with van der Waals surface area (Å²) in [5, 5.41) is 84.5. The van der Waals surface area contributed by atoms with Crippen LogP contribution in [0.1, 0.15) is 0 Å². The highest BCUT2D eigenvalue weighted by Crippen LogP contribution is 2.23. The zero-order valence-electron chi connectivity index (χ0n) is 12.0. The lowest BCUT2D eigenvalue weighted by atomic mass is 9.89. The fourth-order valence-corrected chi connectivity index (χ4v) is 2.20. The molecule has 0 bridgehead atoms. The van der Waals surface area contributed by atoms with E-state index in [1.165, 1.54) is 0 Å².